The Labute approximate surface area is 128 Å². The number of hydrogen-bond acceptors (Lipinski definition) is 3. The molecule has 0 bridgehead atoms. The van der Waals surface area contributed by atoms with E-state index in [1.54, 1.807) is 29.2 Å². The molecule has 1 aromatic rings. The molecular weight excluding hydrogens is 282 g/mol. The van der Waals surface area contributed by atoms with Gasteiger partial charge in [0.15, 0.2) is 0 Å². The second-order valence-corrected chi connectivity index (χ2v) is 5.92. The Morgan fingerprint density at radius 1 is 1.18 bits per heavy atom. The quantitative estimate of drug-likeness (QED) is 0.879. The number of hydrogen-bond donors (Lipinski definition) is 2. The highest BCUT2D eigenvalue weighted by molar-refractivity contribution is 6.00. The van der Waals surface area contributed by atoms with Crippen molar-refractivity contribution >= 4 is 29.1 Å². The minimum atomic E-state index is -0.275. The lowest BCUT2D eigenvalue weighted by molar-refractivity contribution is -0.126. The lowest BCUT2D eigenvalue weighted by Gasteiger charge is -2.17. The van der Waals surface area contributed by atoms with Gasteiger partial charge in [0, 0.05) is 37.3 Å². The summed E-state index contributed by atoms with van der Waals surface area (Å²) in [5.74, 6) is -0.471. The summed E-state index contributed by atoms with van der Waals surface area (Å²) in [5.41, 5.74) is 1.44. The molecule has 1 unspecified atom stereocenters. The number of amides is 3. The fraction of sp³-hybridized carbons (Fsp3) is 0.438. The predicted molar refractivity (Wildman–Crippen MR) is 82.4 cm³/mol. The molecule has 2 aliphatic rings. The van der Waals surface area contributed by atoms with E-state index in [0.717, 1.165) is 18.5 Å². The highest BCUT2D eigenvalue weighted by Gasteiger charge is 2.37. The van der Waals surface area contributed by atoms with E-state index in [0.29, 0.717) is 18.3 Å². The molecule has 1 saturated heterocycles. The van der Waals surface area contributed by atoms with E-state index in [-0.39, 0.29) is 30.1 Å². The number of carbonyl (C=O) groups excluding carboxylic acids is 3. The second-order valence-electron chi connectivity index (χ2n) is 5.92. The molecule has 6 heteroatoms. The average molecular weight is 301 g/mol. The summed E-state index contributed by atoms with van der Waals surface area (Å²) in [6.07, 6.45) is 2.34. The summed E-state index contributed by atoms with van der Waals surface area (Å²) >= 11 is 0. The van der Waals surface area contributed by atoms with Crippen molar-refractivity contribution < 1.29 is 14.4 Å². The molecule has 1 atom stereocenters. The van der Waals surface area contributed by atoms with Gasteiger partial charge in [0.2, 0.25) is 17.7 Å². The predicted octanol–water partition coefficient (Wildman–Crippen LogP) is 1.28. The van der Waals surface area contributed by atoms with Crippen molar-refractivity contribution in [3.63, 3.8) is 0 Å². The zero-order valence-corrected chi connectivity index (χ0v) is 12.5. The second kappa shape index (κ2) is 5.79. The number of nitrogens with one attached hydrogen (secondary N) is 2. The molecule has 6 nitrogen and oxygen atoms in total. The molecule has 1 aromatic carbocycles. The van der Waals surface area contributed by atoms with Crippen molar-refractivity contribution in [3.8, 4) is 0 Å². The first-order valence-electron chi connectivity index (χ1n) is 7.51. The third-order valence-corrected chi connectivity index (χ3v) is 3.92. The van der Waals surface area contributed by atoms with Gasteiger partial charge in [-0.3, -0.25) is 14.4 Å². The Hall–Kier alpha value is -2.37. The Kier molecular flexibility index (Phi) is 3.83. The lowest BCUT2D eigenvalue weighted by Crippen LogP contribution is -2.34. The summed E-state index contributed by atoms with van der Waals surface area (Å²) in [5, 5.41) is 5.64. The van der Waals surface area contributed by atoms with E-state index >= 15 is 0 Å². The first-order chi connectivity index (χ1) is 10.5. The molecule has 22 heavy (non-hydrogen) atoms. The van der Waals surface area contributed by atoms with E-state index in [9.17, 15) is 14.4 Å². The third kappa shape index (κ3) is 3.27. The molecule has 1 heterocycles. The van der Waals surface area contributed by atoms with Crippen molar-refractivity contribution in [1.82, 2.24) is 5.32 Å². The van der Waals surface area contributed by atoms with Gasteiger partial charge in [0.05, 0.1) is 5.92 Å². The zero-order chi connectivity index (χ0) is 15.7. The van der Waals surface area contributed by atoms with Gasteiger partial charge in [-0.2, -0.15) is 0 Å². The molecule has 2 N–H and O–H groups in total. The maximum Gasteiger partial charge on any atom is 0.227 e. The first-order valence-corrected chi connectivity index (χ1v) is 7.51. The van der Waals surface area contributed by atoms with E-state index in [2.05, 4.69) is 10.6 Å². The molecule has 1 aliphatic carbocycles. The van der Waals surface area contributed by atoms with Gasteiger partial charge >= 0.3 is 0 Å². The van der Waals surface area contributed by atoms with Gasteiger partial charge in [-0.05, 0) is 37.1 Å². The van der Waals surface area contributed by atoms with E-state index < -0.39 is 0 Å². The van der Waals surface area contributed by atoms with Gasteiger partial charge < -0.3 is 15.5 Å². The van der Waals surface area contributed by atoms with Crippen LogP contribution in [0.5, 0.6) is 0 Å². The number of benzene rings is 1. The van der Waals surface area contributed by atoms with Crippen LogP contribution in [0.25, 0.3) is 0 Å². The van der Waals surface area contributed by atoms with Gasteiger partial charge in [0.1, 0.15) is 0 Å². The summed E-state index contributed by atoms with van der Waals surface area (Å²) in [4.78, 5) is 36.8. The van der Waals surface area contributed by atoms with Crippen LogP contribution in [0.2, 0.25) is 0 Å². The van der Waals surface area contributed by atoms with Crippen molar-refractivity contribution in [2.24, 2.45) is 5.92 Å². The maximum atomic E-state index is 12.1. The van der Waals surface area contributed by atoms with Gasteiger partial charge in [0.25, 0.3) is 0 Å². The Morgan fingerprint density at radius 2 is 1.86 bits per heavy atom. The third-order valence-electron chi connectivity index (χ3n) is 3.92. The van der Waals surface area contributed by atoms with Crippen LogP contribution < -0.4 is 15.5 Å². The fourth-order valence-electron chi connectivity index (χ4n) is 2.61. The molecule has 0 aromatic heterocycles. The van der Waals surface area contributed by atoms with Gasteiger partial charge in [-0.1, -0.05) is 0 Å². The van der Waals surface area contributed by atoms with Gasteiger partial charge in [-0.15, -0.1) is 0 Å². The molecule has 1 aliphatic heterocycles. The average Bonchev–Trinajstić information content (AvgIpc) is 3.19. The summed E-state index contributed by atoms with van der Waals surface area (Å²) in [6, 6.07) is 7.38. The van der Waals surface area contributed by atoms with Crippen LogP contribution in [-0.4, -0.2) is 30.3 Å². The summed E-state index contributed by atoms with van der Waals surface area (Å²) in [7, 11) is 0. The Bertz CT molecular complexity index is 608. The smallest absolute Gasteiger partial charge is 0.227 e. The highest BCUT2D eigenvalue weighted by Crippen LogP contribution is 2.27. The van der Waals surface area contributed by atoms with Crippen LogP contribution in [0.3, 0.4) is 0 Å². The Morgan fingerprint density at radius 3 is 2.45 bits per heavy atom. The molecule has 3 rings (SSSR count). The van der Waals surface area contributed by atoms with Crippen molar-refractivity contribution in [1.29, 1.82) is 0 Å². The zero-order valence-electron chi connectivity index (χ0n) is 12.5. The standard InChI is InChI=1S/C16H19N3O3/c1-10(20)17-12-4-6-14(7-5-12)19-9-11(8-15(19)21)16(22)18-13-2-3-13/h4-7,11,13H,2-3,8-9H2,1H3,(H,17,20)(H,18,22). The molecule has 0 spiro atoms. The normalized spacial score (nSPS) is 20.9. The SMILES string of the molecule is CC(=O)Nc1ccc(N2CC(C(=O)NC3CC3)CC2=O)cc1. The number of anilines is 2. The first kappa shape index (κ1) is 14.6. The molecule has 0 radical (unpaired) electrons. The molecule has 116 valence electrons. The van der Waals surface area contributed by atoms with Crippen molar-refractivity contribution in [2.75, 3.05) is 16.8 Å². The fourth-order valence-corrected chi connectivity index (χ4v) is 2.61. The highest BCUT2D eigenvalue weighted by atomic mass is 16.2. The van der Waals surface area contributed by atoms with Crippen molar-refractivity contribution in [3.05, 3.63) is 24.3 Å². The molecule has 1 saturated carbocycles. The molecular formula is C16H19N3O3. The largest absolute Gasteiger partial charge is 0.353 e. The minimum absolute atomic E-state index is 0.0202. The Balaban J connectivity index is 1.65. The van der Waals surface area contributed by atoms with E-state index in [4.69, 9.17) is 0 Å². The van der Waals surface area contributed by atoms with Gasteiger partial charge in [-0.25, -0.2) is 0 Å². The summed E-state index contributed by atoms with van der Waals surface area (Å²) < 4.78 is 0. The van der Waals surface area contributed by atoms with Crippen LogP contribution in [0.1, 0.15) is 26.2 Å². The molecule has 2 fully saturated rings. The van der Waals surface area contributed by atoms with Crippen LogP contribution in [0.15, 0.2) is 24.3 Å². The summed E-state index contributed by atoms with van der Waals surface area (Å²) in [6.45, 7) is 1.86. The van der Waals surface area contributed by atoms with Crippen LogP contribution in [-0.2, 0) is 14.4 Å². The maximum absolute atomic E-state index is 12.1. The number of carbonyl (C=O) groups is 3. The lowest BCUT2D eigenvalue weighted by atomic mass is 10.1. The topological polar surface area (TPSA) is 78.5 Å². The monoisotopic (exact) mass is 301 g/mol. The van der Waals surface area contributed by atoms with Crippen LogP contribution in [0.4, 0.5) is 11.4 Å². The van der Waals surface area contributed by atoms with Crippen molar-refractivity contribution in [2.45, 2.75) is 32.2 Å². The number of rotatable bonds is 4. The van der Waals surface area contributed by atoms with Crippen LogP contribution in [0, 0.1) is 5.92 Å². The minimum Gasteiger partial charge on any atom is -0.353 e. The van der Waals surface area contributed by atoms with E-state index in [1.165, 1.54) is 6.92 Å². The van der Waals surface area contributed by atoms with Crippen LogP contribution >= 0.6 is 0 Å². The molecule has 3 amide bonds. The van der Waals surface area contributed by atoms with E-state index in [1.807, 2.05) is 0 Å². The number of nitrogens with zero attached hydrogens (tertiary/aromatic N) is 1.